The number of hydrogen-bond acceptors (Lipinski definition) is 6. The van der Waals surface area contributed by atoms with Crippen LogP contribution in [0.15, 0.2) is 68.5 Å². The van der Waals surface area contributed by atoms with Crippen LogP contribution in [0.2, 0.25) is 5.02 Å². The van der Waals surface area contributed by atoms with E-state index in [1.54, 1.807) is 36.4 Å². The Morgan fingerprint density at radius 2 is 2.03 bits per heavy atom. The fraction of sp³-hybridized carbons (Fsp3) is 0.0952. The summed E-state index contributed by atoms with van der Waals surface area (Å²) in [6.07, 6.45) is 2.98. The Morgan fingerprint density at radius 1 is 1.17 bits per heavy atom. The Kier molecular flexibility index (Phi) is 5.78. The van der Waals surface area contributed by atoms with E-state index in [0.717, 1.165) is 22.2 Å². The molecule has 2 aromatic heterocycles. The van der Waals surface area contributed by atoms with Gasteiger partial charge in [0.05, 0.1) is 17.7 Å². The number of benzene rings is 1. The molecule has 1 saturated heterocycles. The van der Waals surface area contributed by atoms with E-state index < -0.39 is 17.1 Å². The van der Waals surface area contributed by atoms with Crippen molar-refractivity contribution in [2.24, 2.45) is 0 Å². The lowest BCUT2D eigenvalue weighted by atomic mass is 10.2. The molecule has 1 aliphatic heterocycles. The maximum Gasteiger partial charge on any atom is 0.294 e. The predicted molar refractivity (Wildman–Crippen MR) is 112 cm³/mol. The zero-order chi connectivity index (χ0) is 21.1. The predicted octanol–water partition coefficient (Wildman–Crippen LogP) is 4.55. The normalized spacial score (nSPS) is 15.2. The van der Waals surface area contributed by atoms with Crippen molar-refractivity contribution in [2.75, 3.05) is 6.54 Å². The Labute approximate surface area is 180 Å². The van der Waals surface area contributed by atoms with E-state index in [1.807, 2.05) is 12.1 Å². The van der Waals surface area contributed by atoms with Gasteiger partial charge in [-0.1, -0.05) is 23.7 Å². The van der Waals surface area contributed by atoms with E-state index in [1.165, 1.54) is 12.3 Å². The van der Waals surface area contributed by atoms with Gasteiger partial charge in [-0.15, -0.1) is 0 Å². The minimum absolute atomic E-state index is 0.177. The molecule has 7 nitrogen and oxygen atoms in total. The maximum absolute atomic E-state index is 12.6. The fourth-order valence-electron chi connectivity index (χ4n) is 2.79. The van der Waals surface area contributed by atoms with E-state index >= 15 is 0 Å². The largest absolute Gasteiger partial charge is 0.467 e. The summed E-state index contributed by atoms with van der Waals surface area (Å²) < 4.78 is 10.9. The number of nitrogens with one attached hydrogen (secondary N) is 1. The van der Waals surface area contributed by atoms with E-state index in [4.69, 9.17) is 20.4 Å². The lowest BCUT2D eigenvalue weighted by Crippen LogP contribution is -2.39. The molecule has 0 spiro atoms. The van der Waals surface area contributed by atoms with E-state index in [9.17, 15) is 14.4 Å². The van der Waals surface area contributed by atoms with Crippen LogP contribution in [0.4, 0.5) is 4.79 Å². The number of thioether (sulfide) groups is 1. The van der Waals surface area contributed by atoms with Crippen LogP contribution in [0.25, 0.3) is 17.4 Å². The second-order valence-corrected chi connectivity index (χ2v) is 7.77. The van der Waals surface area contributed by atoms with Crippen molar-refractivity contribution in [1.29, 1.82) is 0 Å². The lowest BCUT2D eigenvalue weighted by molar-refractivity contribution is -0.129. The lowest BCUT2D eigenvalue weighted by Gasteiger charge is -2.11. The first-order valence-corrected chi connectivity index (χ1v) is 10.1. The van der Waals surface area contributed by atoms with Crippen LogP contribution in [0.3, 0.4) is 0 Å². The maximum atomic E-state index is 12.6. The number of hydrogen-bond donors (Lipinski definition) is 1. The number of furan rings is 2. The van der Waals surface area contributed by atoms with Crippen LogP contribution in [0.5, 0.6) is 0 Å². The molecule has 3 heterocycles. The number of nitrogens with zero attached hydrogens (tertiary/aromatic N) is 1. The monoisotopic (exact) mass is 442 g/mol. The fourth-order valence-corrected chi connectivity index (χ4v) is 3.80. The quantitative estimate of drug-likeness (QED) is 0.563. The van der Waals surface area contributed by atoms with Gasteiger partial charge in [0.15, 0.2) is 0 Å². The van der Waals surface area contributed by atoms with Crippen molar-refractivity contribution in [2.45, 2.75) is 6.54 Å². The zero-order valence-corrected chi connectivity index (χ0v) is 17.0. The summed E-state index contributed by atoms with van der Waals surface area (Å²) in [4.78, 5) is 37.9. The van der Waals surface area contributed by atoms with Crippen LogP contribution in [0, 0.1) is 0 Å². The topological polar surface area (TPSA) is 92.8 Å². The van der Waals surface area contributed by atoms with Gasteiger partial charge in [0.25, 0.3) is 11.1 Å². The highest BCUT2D eigenvalue weighted by Gasteiger charge is 2.36. The third-order valence-corrected chi connectivity index (χ3v) is 5.37. The van der Waals surface area contributed by atoms with Gasteiger partial charge in [-0.25, -0.2) is 0 Å². The van der Waals surface area contributed by atoms with Gasteiger partial charge in [-0.3, -0.25) is 19.3 Å². The van der Waals surface area contributed by atoms with Gasteiger partial charge in [0.1, 0.15) is 23.8 Å². The molecule has 9 heteroatoms. The summed E-state index contributed by atoms with van der Waals surface area (Å²) in [6, 6.07) is 14.0. The molecular weight excluding hydrogens is 428 g/mol. The Hall–Kier alpha value is -3.23. The number of imide groups is 1. The number of rotatable bonds is 6. The van der Waals surface area contributed by atoms with Gasteiger partial charge in [-0.2, -0.15) is 0 Å². The molecule has 152 valence electrons. The molecule has 0 aliphatic carbocycles. The SMILES string of the molecule is O=C(CN1C(=O)S/C(=C\c2ccc(-c3cccc(Cl)c3)o2)C1=O)NCc1ccco1. The number of carbonyl (C=O) groups is 3. The molecule has 0 atom stereocenters. The summed E-state index contributed by atoms with van der Waals surface area (Å²) in [5, 5.41) is 2.67. The van der Waals surface area contributed by atoms with Crippen molar-refractivity contribution in [3.63, 3.8) is 0 Å². The van der Waals surface area contributed by atoms with Gasteiger partial charge in [0, 0.05) is 16.7 Å². The Balaban J connectivity index is 1.42. The van der Waals surface area contributed by atoms with Gasteiger partial charge in [0.2, 0.25) is 5.91 Å². The zero-order valence-electron chi connectivity index (χ0n) is 15.5. The summed E-state index contributed by atoms with van der Waals surface area (Å²) in [5.74, 6) is 0.568. The third-order valence-electron chi connectivity index (χ3n) is 4.22. The molecule has 1 fully saturated rings. The molecule has 3 aromatic rings. The molecule has 1 N–H and O–H groups in total. The molecule has 0 saturated carbocycles. The highest BCUT2D eigenvalue weighted by atomic mass is 35.5. The third kappa shape index (κ3) is 4.50. The summed E-state index contributed by atoms with van der Waals surface area (Å²) in [5.41, 5.74) is 0.795. The second kappa shape index (κ2) is 8.64. The van der Waals surface area contributed by atoms with Gasteiger partial charge >= 0.3 is 0 Å². The van der Waals surface area contributed by atoms with Crippen LogP contribution in [0.1, 0.15) is 11.5 Å². The van der Waals surface area contributed by atoms with Crippen LogP contribution in [-0.4, -0.2) is 28.5 Å². The summed E-state index contributed by atoms with van der Waals surface area (Å²) in [7, 11) is 0. The van der Waals surface area contributed by atoms with E-state index in [0.29, 0.717) is 22.3 Å². The average Bonchev–Trinajstić information content (AvgIpc) is 3.45. The summed E-state index contributed by atoms with van der Waals surface area (Å²) >= 11 is 6.76. The highest BCUT2D eigenvalue weighted by Crippen LogP contribution is 2.33. The smallest absolute Gasteiger partial charge is 0.294 e. The molecule has 1 aliphatic rings. The molecule has 0 radical (unpaired) electrons. The van der Waals surface area contributed by atoms with Crippen molar-refractivity contribution in [1.82, 2.24) is 10.2 Å². The van der Waals surface area contributed by atoms with Gasteiger partial charge in [-0.05, 0) is 48.2 Å². The first-order chi connectivity index (χ1) is 14.5. The standard InChI is InChI=1S/C21H15ClN2O5S/c22-14-4-1-3-13(9-14)17-7-6-15(29-17)10-18-20(26)24(21(27)30-18)12-19(25)23-11-16-5-2-8-28-16/h1-10H,11-12H2,(H,23,25)/b18-10-. The van der Waals surface area contributed by atoms with Crippen LogP contribution in [-0.2, 0) is 16.1 Å². The molecule has 4 rings (SSSR count). The Bertz CT molecular complexity index is 1140. The van der Waals surface area contributed by atoms with Gasteiger partial charge < -0.3 is 14.2 Å². The molecule has 1 aromatic carbocycles. The van der Waals surface area contributed by atoms with Crippen molar-refractivity contribution >= 4 is 46.5 Å². The first kappa shape index (κ1) is 20.1. The van der Waals surface area contributed by atoms with E-state index in [2.05, 4.69) is 5.32 Å². The first-order valence-electron chi connectivity index (χ1n) is 8.90. The average molecular weight is 443 g/mol. The Morgan fingerprint density at radius 3 is 2.80 bits per heavy atom. The van der Waals surface area contributed by atoms with Crippen molar-refractivity contribution < 1.29 is 23.2 Å². The molecular formula is C21H15ClN2O5S. The molecule has 3 amide bonds. The minimum atomic E-state index is -0.543. The van der Waals surface area contributed by atoms with Crippen LogP contribution >= 0.6 is 23.4 Å². The second-order valence-electron chi connectivity index (χ2n) is 6.34. The molecule has 0 unspecified atom stereocenters. The minimum Gasteiger partial charge on any atom is -0.467 e. The molecule has 30 heavy (non-hydrogen) atoms. The number of amides is 3. The number of carbonyl (C=O) groups excluding carboxylic acids is 3. The highest BCUT2D eigenvalue weighted by molar-refractivity contribution is 8.18. The number of halogens is 1. The van der Waals surface area contributed by atoms with Crippen molar-refractivity contribution in [3.05, 3.63) is 76.2 Å². The molecule has 0 bridgehead atoms. The van der Waals surface area contributed by atoms with Crippen molar-refractivity contribution in [3.8, 4) is 11.3 Å². The van der Waals surface area contributed by atoms with Crippen LogP contribution < -0.4 is 5.32 Å². The van der Waals surface area contributed by atoms with E-state index in [-0.39, 0.29) is 18.0 Å². The summed E-state index contributed by atoms with van der Waals surface area (Å²) in [6.45, 7) is -0.189.